The smallest absolute Gasteiger partial charge is 0.124 e. The number of hydrogen-bond acceptors (Lipinski definition) is 1. The number of aldehydes is 1. The maximum Gasteiger partial charge on any atom is 0.124 e. The Morgan fingerprint density at radius 3 is 2.52 bits per heavy atom. The Morgan fingerprint density at radius 2 is 1.90 bits per heavy atom. The molecule has 21 heavy (non-hydrogen) atoms. The molecule has 2 fully saturated rings. The fourth-order valence-corrected chi connectivity index (χ4v) is 6.20. The minimum Gasteiger partial charge on any atom is -0.303 e. The average molecular weight is 286 g/mol. The lowest BCUT2D eigenvalue weighted by atomic mass is 9.60. The summed E-state index contributed by atoms with van der Waals surface area (Å²) in [5.41, 5.74) is 1.38. The number of hydrogen-bond donors (Lipinski definition) is 0. The predicted molar refractivity (Wildman–Crippen MR) is 87.8 cm³/mol. The van der Waals surface area contributed by atoms with Gasteiger partial charge in [0.25, 0.3) is 0 Å². The van der Waals surface area contributed by atoms with Gasteiger partial charge in [0, 0.05) is 11.3 Å². The molecule has 0 spiro atoms. The van der Waals surface area contributed by atoms with Crippen LogP contribution in [0.15, 0.2) is 24.3 Å². The summed E-state index contributed by atoms with van der Waals surface area (Å²) in [6.07, 6.45) is 9.56. The van der Waals surface area contributed by atoms with E-state index in [0.717, 1.165) is 23.7 Å². The van der Waals surface area contributed by atoms with Gasteiger partial charge in [0.1, 0.15) is 6.29 Å². The molecular weight excluding hydrogens is 256 g/mol. The second-order valence-corrected chi connectivity index (χ2v) is 8.43. The summed E-state index contributed by atoms with van der Waals surface area (Å²) in [6.45, 7) is 13.3. The summed E-state index contributed by atoms with van der Waals surface area (Å²) in [7, 11) is 0. The second-order valence-electron chi connectivity index (χ2n) is 8.43. The normalized spacial score (nSPS) is 52.6. The molecule has 1 heteroatoms. The standard InChI is InChI=1S/C20H30O/c1-6-20(5)10-14(4)19-16-8-12(2)7-13(3)15(16)9-17(19)18(20)11-21/h6,10-13,15-19H,1,7-9H2,2-5H3/t12-,13+,15-,16-,17-,18?,19+,20+/m0/s1. The Labute approximate surface area is 129 Å². The zero-order chi connectivity index (χ0) is 15.4. The fourth-order valence-electron chi connectivity index (χ4n) is 6.20. The van der Waals surface area contributed by atoms with Crippen molar-refractivity contribution in [3.8, 4) is 0 Å². The van der Waals surface area contributed by atoms with Crippen molar-refractivity contribution in [2.45, 2.75) is 47.0 Å². The van der Waals surface area contributed by atoms with E-state index in [1.54, 1.807) is 0 Å². The lowest BCUT2D eigenvalue weighted by Gasteiger charge is -2.44. The Kier molecular flexibility index (Phi) is 3.66. The third-order valence-corrected chi connectivity index (χ3v) is 7.03. The molecule has 0 radical (unpaired) electrons. The van der Waals surface area contributed by atoms with Crippen molar-refractivity contribution in [1.29, 1.82) is 0 Å². The molecule has 3 aliphatic rings. The van der Waals surface area contributed by atoms with Gasteiger partial charge in [-0.2, -0.15) is 0 Å². The van der Waals surface area contributed by atoms with Gasteiger partial charge < -0.3 is 4.79 Å². The van der Waals surface area contributed by atoms with Crippen LogP contribution in [0.4, 0.5) is 0 Å². The minimum absolute atomic E-state index is 0.122. The molecule has 0 N–H and O–H groups in total. The van der Waals surface area contributed by atoms with Gasteiger partial charge in [-0.3, -0.25) is 0 Å². The highest BCUT2D eigenvalue weighted by Crippen LogP contribution is 2.61. The van der Waals surface area contributed by atoms with Crippen LogP contribution < -0.4 is 0 Å². The first kappa shape index (κ1) is 15.1. The largest absolute Gasteiger partial charge is 0.303 e. The van der Waals surface area contributed by atoms with Crippen LogP contribution in [0.25, 0.3) is 0 Å². The first-order chi connectivity index (χ1) is 9.91. The van der Waals surface area contributed by atoms with E-state index in [0.29, 0.717) is 11.8 Å². The van der Waals surface area contributed by atoms with Crippen molar-refractivity contribution in [2.24, 2.45) is 46.8 Å². The maximum atomic E-state index is 11.9. The molecule has 0 saturated heterocycles. The van der Waals surface area contributed by atoms with Crippen LogP contribution in [-0.4, -0.2) is 6.29 Å². The van der Waals surface area contributed by atoms with Crippen molar-refractivity contribution >= 4 is 6.29 Å². The van der Waals surface area contributed by atoms with Gasteiger partial charge in [0.05, 0.1) is 0 Å². The molecule has 3 aliphatic carbocycles. The SMILES string of the molecule is C=C[C@]1(C)C=C(C)[C@@H]2[C@H]3C[C@@H](C)C[C@@H](C)[C@@H]3C[C@H]2C1C=O. The van der Waals surface area contributed by atoms with Crippen molar-refractivity contribution in [3.63, 3.8) is 0 Å². The molecule has 0 heterocycles. The van der Waals surface area contributed by atoms with E-state index in [2.05, 4.69) is 40.3 Å². The highest BCUT2D eigenvalue weighted by molar-refractivity contribution is 5.59. The Balaban J connectivity index is 2.01. The molecule has 0 amide bonds. The first-order valence-electron chi connectivity index (χ1n) is 8.69. The molecule has 0 aromatic carbocycles. The summed E-state index contributed by atoms with van der Waals surface area (Å²) >= 11 is 0. The third-order valence-electron chi connectivity index (χ3n) is 7.03. The van der Waals surface area contributed by atoms with Gasteiger partial charge in [-0.25, -0.2) is 0 Å². The highest BCUT2D eigenvalue weighted by Gasteiger charge is 2.55. The first-order valence-corrected chi connectivity index (χ1v) is 8.69. The monoisotopic (exact) mass is 286 g/mol. The van der Waals surface area contributed by atoms with E-state index in [4.69, 9.17) is 0 Å². The number of carbonyl (C=O) groups is 1. The molecule has 116 valence electrons. The summed E-state index contributed by atoms with van der Waals surface area (Å²) in [5, 5.41) is 0. The molecule has 8 atom stereocenters. The van der Waals surface area contributed by atoms with Crippen LogP contribution in [0.5, 0.6) is 0 Å². The van der Waals surface area contributed by atoms with Gasteiger partial charge in [-0.05, 0) is 61.7 Å². The number of fused-ring (bicyclic) bond motifs is 3. The summed E-state index contributed by atoms with van der Waals surface area (Å²) in [4.78, 5) is 11.9. The van der Waals surface area contributed by atoms with Gasteiger partial charge in [-0.15, -0.1) is 6.58 Å². The number of carbonyl (C=O) groups excluding carboxylic acids is 1. The molecule has 3 rings (SSSR count). The van der Waals surface area contributed by atoms with Gasteiger partial charge in [-0.1, -0.05) is 38.5 Å². The van der Waals surface area contributed by atoms with Gasteiger partial charge in [0.15, 0.2) is 0 Å². The van der Waals surface area contributed by atoms with Crippen molar-refractivity contribution < 1.29 is 4.79 Å². The molecule has 0 aliphatic heterocycles. The highest BCUT2D eigenvalue weighted by atomic mass is 16.1. The molecule has 0 aromatic rings. The summed E-state index contributed by atoms with van der Waals surface area (Å²) in [6, 6.07) is 0. The number of rotatable bonds is 2. The third kappa shape index (κ3) is 2.15. The van der Waals surface area contributed by atoms with E-state index < -0.39 is 0 Å². The Morgan fingerprint density at radius 1 is 1.19 bits per heavy atom. The van der Waals surface area contributed by atoms with E-state index in [-0.39, 0.29) is 11.3 Å². The molecule has 0 bridgehead atoms. The van der Waals surface area contributed by atoms with E-state index in [9.17, 15) is 4.79 Å². The summed E-state index contributed by atoms with van der Waals surface area (Å²) in [5.74, 6) is 4.60. The van der Waals surface area contributed by atoms with Crippen LogP contribution in [-0.2, 0) is 4.79 Å². The zero-order valence-electron chi connectivity index (χ0n) is 14.0. The summed E-state index contributed by atoms with van der Waals surface area (Å²) < 4.78 is 0. The molecule has 0 aromatic heterocycles. The van der Waals surface area contributed by atoms with Gasteiger partial charge >= 0.3 is 0 Å². The molecule has 2 saturated carbocycles. The maximum absolute atomic E-state index is 11.9. The molecular formula is C20H30O. The van der Waals surface area contributed by atoms with Crippen molar-refractivity contribution in [1.82, 2.24) is 0 Å². The second kappa shape index (κ2) is 5.11. The topological polar surface area (TPSA) is 17.1 Å². The van der Waals surface area contributed by atoms with Crippen molar-refractivity contribution in [3.05, 3.63) is 24.3 Å². The van der Waals surface area contributed by atoms with Gasteiger partial charge in [0.2, 0.25) is 0 Å². The quantitative estimate of drug-likeness (QED) is 0.522. The van der Waals surface area contributed by atoms with Crippen LogP contribution in [0.3, 0.4) is 0 Å². The lowest BCUT2D eigenvalue weighted by Crippen LogP contribution is -2.39. The van der Waals surface area contributed by atoms with E-state index in [1.807, 2.05) is 6.08 Å². The van der Waals surface area contributed by atoms with Crippen LogP contribution in [0.1, 0.15) is 47.0 Å². The molecule has 1 nitrogen and oxygen atoms in total. The zero-order valence-corrected chi connectivity index (χ0v) is 14.0. The van der Waals surface area contributed by atoms with Crippen LogP contribution in [0.2, 0.25) is 0 Å². The lowest BCUT2D eigenvalue weighted by molar-refractivity contribution is -0.115. The fraction of sp³-hybridized carbons (Fsp3) is 0.750. The minimum atomic E-state index is -0.144. The van der Waals surface area contributed by atoms with E-state index in [1.165, 1.54) is 31.1 Å². The van der Waals surface area contributed by atoms with Crippen LogP contribution >= 0.6 is 0 Å². The van der Waals surface area contributed by atoms with Crippen LogP contribution in [0, 0.1) is 46.8 Å². The van der Waals surface area contributed by atoms with Crippen molar-refractivity contribution in [2.75, 3.05) is 0 Å². The van der Waals surface area contributed by atoms with E-state index >= 15 is 0 Å². The Bertz CT molecular complexity index is 476. The average Bonchev–Trinajstić information content (AvgIpc) is 2.78. The predicted octanol–water partition coefficient (Wildman–Crippen LogP) is 4.89. The Hall–Kier alpha value is -0.850. The number of allylic oxidation sites excluding steroid dienone is 3. The molecule has 1 unspecified atom stereocenters.